The van der Waals surface area contributed by atoms with Crippen molar-refractivity contribution in [2.24, 2.45) is 0 Å². The number of benzene rings is 2. The monoisotopic (exact) mass is 367 g/mol. The number of nitrogens with one attached hydrogen (secondary N) is 1. The van der Waals surface area contributed by atoms with E-state index in [0.29, 0.717) is 21.0 Å². The fraction of sp³-hybridized carbons (Fsp3) is 0. The third-order valence-electron chi connectivity index (χ3n) is 3.11. The fourth-order valence-corrected chi connectivity index (χ4v) is 2.71. The van der Waals surface area contributed by atoms with E-state index < -0.39 is 11.5 Å². The Balaban J connectivity index is 1.99. The first kappa shape index (κ1) is 15.9. The van der Waals surface area contributed by atoms with Gasteiger partial charge in [-0.3, -0.25) is 4.79 Å². The SMILES string of the molecule is O=C(Nc1cc2cc(Cl)cc(Cl)c2oc1=O)c1ccc(Cl)cc1. The molecule has 1 aromatic heterocycles. The minimum Gasteiger partial charge on any atom is -0.420 e. The third-order valence-corrected chi connectivity index (χ3v) is 3.86. The molecule has 0 saturated heterocycles. The van der Waals surface area contributed by atoms with Gasteiger partial charge in [-0.05, 0) is 42.5 Å². The molecule has 0 radical (unpaired) electrons. The maximum Gasteiger partial charge on any atom is 0.360 e. The molecule has 0 bridgehead atoms. The number of carbonyl (C=O) groups excluding carboxylic acids is 1. The highest BCUT2D eigenvalue weighted by molar-refractivity contribution is 6.38. The van der Waals surface area contributed by atoms with Crippen molar-refractivity contribution in [1.82, 2.24) is 0 Å². The summed E-state index contributed by atoms with van der Waals surface area (Å²) in [5.74, 6) is -0.457. The molecule has 1 heterocycles. The number of hydrogen-bond donors (Lipinski definition) is 1. The molecule has 116 valence electrons. The number of fused-ring (bicyclic) bond motifs is 1. The minimum atomic E-state index is -0.705. The number of halogens is 3. The highest BCUT2D eigenvalue weighted by Crippen LogP contribution is 2.28. The van der Waals surface area contributed by atoms with Gasteiger partial charge in [0, 0.05) is 21.0 Å². The molecule has 0 unspecified atom stereocenters. The van der Waals surface area contributed by atoms with Gasteiger partial charge in [-0.15, -0.1) is 0 Å². The molecular weight excluding hydrogens is 361 g/mol. The number of anilines is 1. The van der Waals surface area contributed by atoms with Crippen LogP contribution in [0.3, 0.4) is 0 Å². The summed E-state index contributed by atoms with van der Waals surface area (Å²) in [6.45, 7) is 0. The van der Waals surface area contributed by atoms with E-state index in [1.807, 2.05) is 0 Å². The van der Waals surface area contributed by atoms with Crippen LogP contribution in [0.5, 0.6) is 0 Å². The molecule has 23 heavy (non-hydrogen) atoms. The van der Waals surface area contributed by atoms with Gasteiger partial charge in [-0.25, -0.2) is 4.79 Å². The Kier molecular flexibility index (Phi) is 4.31. The zero-order chi connectivity index (χ0) is 16.6. The molecular formula is C16H8Cl3NO3. The van der Waals surface area contributed by atoms with Crippen molar-refractivity contribution >= 4 is 57.4 Å². The van der Waals surface area contributed by atoms with E-state index in [0.717, 1.165) is 0 Å². The molecule has 7 heteroatoms. The van der Waals surface area contributed by atoms with Crippen molar-refractivity contribution in [2.45, 2.75) is 0 Å². The molecule has 3 aromatic rings. The summed E-state index contributed by atoms with van der Waals surface area (Å²) in [5, 5.41) is 4.14. The number of hydrogen-bond acceptors (Lipinski definition) is 3. The van der Waals surface area contributed by atoms with Crippen LogP contribution in [-0.4, -0.2) is 5.91 Å². The molecule has 0 atom stereocenters. The Morgan fingerprint density at radius 1 is 0.957 bits per heavy atom. The van der Waals surface area contributed by atoms with Gasteiger partial charge in [0.25, 0.3) is 5.91 Å². The van der Waals surface area contributed by atoms with Gasteiger partial charge in [0.1, 0.15) is 5.69 Å². The Labute approximate surface area is 145 Å². The van der Waals surface area contributed by atoms with Crippen molar-refractivity contribution < 1.29 is 9.21 Å². The van der Waals surface area contributed by atoms with Crippen LogP contribution >= 0.6 is 34.8 Å². The van der Waals surface area contributed by atoms with Crippen molar-refractivity contribution in [3.8, 4) is 0 Å². The van der Waals surface area contributed by atoms with Crippen LogP contribution in [0.1, 0.15) is 10.4 Å². The van der Waals surface area contributed by atoms with Crippen molar-refractivity contribution in [3.05, 3.63) is 73.5 Å². The molecule has 0 spiro atoms. The molecule has 3 rings (SSSR count). The van der Waals surface area contributed by atoms with Gasteiger partial charge in [-0.1, -0.05) is 34.8 Å². The lowest BCUT2D eigenvalue weighted by Crippen LogP contribution is -2.17. The van der Waals surface area contributed by atoms with Crippen molar-refractivity contribution in [3.63, 3.8) is 0 Å². The summed E-state index contributed by atoms with van der Waals surface area (Å²) < 4.78 is 5.15. The zero-order valence-electron chi connectivity index (χ0n) is 11.4. The first-order chi connectivity index (χ1) is 10.9. The molecule has 1 N–H and O–H groups in total. The zero-order valence-corrected chi connectivity index (χ0v) is 13.7. The smallest absolute Gasteiger partial charge is 0.360 e. The summed E-state index contributed by atoms with van der Waals surface area (Å²) in [4.78, 5) is 24.2. The van der Waals surface area contributed by atoms with E-state index in [2.05, 4.69) is 5.32 Å². The molecule has 0 aliphatic carbocycles. The van der Waals surface area contributed by atoms with Crippen molar-refractivity contribution in [2.75, 3.05) is 5.32 Å². The summed E-state index contributed by atoms with van der Waals surface area (Å²) in [6.07, 6.45) is 0. The van der Waals surface area contributed by atoms with E-state index in [1.165, 1.54) is 12.1 Å². The molecule has 4 nitrogen and oxygen atoms in total. The lowest BCUT2D eigenvalue weighted by atomic mass is 10.2. The van der Waals surface area contributed by atoms with Crippen LogP contribution in [0.15, 0.2) is 51.7 Å². The quantitative estimate of drug-likeness (QED) is 0.647. The molecule has 2 aromatic carbocycles. The summed E-state index contributed by atoms with van der Waals surface area (Å²) in [5.41, 5.74) is -0.136. The Hall–Kier alpha value is -2.01. The lowest BCUT2D eigenvalue weighted by Gasteiger charge is -2.06. The number of carbonyl (C=O) groups is 1. The standard InChI is InChI=1S/C16H8Cl3NO3/c17-10-3-1-8(2-4-10)15(21)20-13-6-9-5-11(18)7-12(19)14(9)23-16(13)22/h1-7H,(H,20,21). The van der Waals surface area contributed by atoms with E-state index in [1.54, 1.807) is 30.3 Å². The Morgan fingerprint density at radius 3 is 2.35 bits per heavy atom. The Bertz CT molecular complexity index is 965. The summed E-state index contributed by atoms with van der Waals surface area (Å²) >= 11 is 17.7. The molecule has 0 aliphatic heterocycles. The highest BCUT2D eigenvalue weighted by atomic mass is 35.5. The first-order valence-corrected chi connectivity index (χ1v) is 7.57. The second kappa shape index (κ2) is 6.24. The predicted octanol–water partition coefficient (Wildman–Crippen LogP) is 5.01. The van der Waals surface area contributed by atoms with Gasteiger partial charge < -0.3 is 9.73 Å². The van der Waals surface area contributed by atoms with Crippen molar-refractivity contribution in [1.29, 1.82) is 0 Å². The maximum absolute atomic E-state index is 12.2. The topological polar surface area (TPSA) is 59.3 Å². The van der Waals surface area contributed by atoms with Crippen LogP contribution < -0.4 is 10.9 Å². The molecule has 0 aliphatic rings. The second-order valence-corrected chi connectivity index (χ2v) is 5.99. The van der Waals surface area contributed by atoms with Gasteiger partial charge in [0.15, 0.2) is 5.58 Å². The van der Waals surface area contributed by atoms with Crippen LogP contribution in [0.4, 0.5) is 5.69 Å². The minimum absolute atomic E-state index is 0.00390. The molecule has 0 fully saturated rings. The number of rotatable bonds is 2. The van der Waals surface area contributed by atoms with Crippen LogP contribution in [0.25, 0.3) is 11.0 Å². The lowest BCUT2D eigenvalue weighted by molar-refractivity contribution is 0.102. The van der Waals surface area contributed by atoms with Gasteiger partial charge in [0.05, 0.1) is 5.02 Å². The molecule has 1 amide bonds. The average molecular weight is 369 g/mol. The fourth-order valence-electron chi connectivity index (χ4n) is 2.04. The third kappa shape index (κ3) is 3.34. The normalized spacial score (nSPS) is 10.7. The van der Waals surface area contributed by atoms with Crippen LogP contribution in [-0.2, 0) is 0 Å². The average Bonchev–Trinajstić information content (AvgIpc) is 2.49. The van der Waals surface area contributed by atoms with Gasteiger partial charge in [-0.2, -0.15) is 0 Å². The maximum atomic E-state index is 12.2. The summed E-state index contributed by atoms with van der Waals surface area (Å²) in [6, 6.07) is 10.8. The van der Waals surface area contributed by atoms with Gasteiger partial charge in [0.2, 0.25) is 0 Å². The van der Waals surface area contributed by atoms with E-state index in [-0.39, 0.29) is 16.3 Å². The summed E-state index contributed by atoms with van der Waals surface area (Å²) in [7, 11) is 0. The largest absolute Gasteiger partial charge is 0.420 e. The Morgan fingerprint density at radius 2 is 1.65 bits per heavy atom. The van der Waals surface area contributed by atoms with Gasteiger partial charge >= 0.3 is 5.63 Å². The first-order valence-electron chi connectivity index (χ1n) is 6.44. The van der Waals surface area contributed by atoms with E-state index in [4.69, 9.17) is 39.2 Å². The van der Waals surface area contributed by atoms with Crippen LogP contribution in [0.2, 0.25) is 15.1 Å². The van der Waals surface area contributed by atoms with E-state index in [9.17, 15) is 9.59 Å². The molecule has 0 saturated carbocycles. The predicted molar refractivity (Wildman–Crippen MR) is 91.9 cm³/mol. The number of amides is 1. The van der Waals surface area contributed by atoms with E-state index >= 15 is 0 Å². The van der Waals surface area contributed by atoms with Crippen LogP contribution in [0, 0.1) is 0 Å². The second-order valence-electron chi connectivity index (χ2n) is 4.71. The highest BCUT2D eigenvalue weighted by Gasteiger charge is 2.13.